The second-order valence-corrected chi connectivity index (χ2v) is 11.1. The third kappa shape index (κ3) is 4.71. The van der Waals surface area contributed by atoms with Gasteiger partial charge in [-0.15, -0.1) is 0 Å². The van der Waals surface area contributed by atoms with Gasteiger partial charge in [0.2, 0.25) is 0 Å². The summed E-state index contributed by atoms with van der Waals surface area (Å²) in [5.74, 6) is 0.879. The largest absolute Gasteiger partial charge is 0.497 e. The zero-order valence-corrected chi connectivity index (χ0v) is 24.2. The Kier molecular flexibility index (Phi) is 7.54. The van der Waals surface area contributed by atoms with E-state index < -0.39 is 17.7 Å². The minimum absolute atomic E-state index is 0.0440. The Morgan fingerprint density at radius 2 is 1.73 bits per heavy atom. The first-order valence-corrected chi connectivity index (χ1v) is 13.7. The van der Waals surface area contributed by atoms with E-state index in [4.69, 9.17) is 14.2 Å². The Hall–Kier alpha value is -3.56. The van der Waals surface area contributed by atoms with Gasteiger partial charge in [0, 0.05) is 36.3 Å². The molecule has 0 aromatic heterocycles. The molecule has 3 aliphatic rings. The molecule has 1 N–H and O–H groups in total. The topological polar surface area (TPSA) is 91.8 Å². The molecule has 2 amide bonds. The van der Waals surface area contributed by atoms with Gasteiger partial charge in [-0.05, 0) is 43.9 Å². The predicted molar refractivity (Wildman–Crippen MR) is 150 cm³/mol. The average Bonchev–Trinajstić information content (AvgIpc) is 3.04. The van der Waals surface area contributed by atoms with E-state index in [1.165, 1.54) is 7.11 Å². The van der Waals surface area contributed by atoms with Crippen LogP contribution in [0.3, 0.4) is 0 Å². The first-order valence-electron chi connectivity index (χ1n) is 13.7. The molecule has 2 aromatic carbocycles. The number of piperidine rings is 1. The van der Waals surface area contributed by atoms with Crippen LogP contribution in [0.2, 0.25) is 0 Å². The second kappa shape index (κ2) is 10.8. The van der Waals surface area contributed by atoms with E-state index in [0.29, 0.717) is 38.2 Å². The van der Waals surface area contributed by atoms with Crippen LogP contribution in [0.15, 0.2) is 42.1 Å². The van der Waals surface area contributed by atoms with Crippen LogP contribution in [-0.4, -0.2) is 78.3 Å². The fourth-order valence-electron chi connectivity index (χ4n) is 6.75. The monoisotopic (exact) mass is 549 g/mol. The van der Waals surface area contributed by atoms with E-state index in [0.717, 1.165) is 39.3 Å². The number of urea groups is 1. The SMILES string of the molecule is COC(=O)CN1C(=O)N2Cc3cc(OC)cc(OC)c3[C@@H](C)C=C2C12CCN(C(O)c1cc(C)cc(C)c1)CC2. The first-order chi connectivity index (χ1) is 19.1. The van der Waals surface area contributed by atoms with Crippen LogP contribution in [0.5, 0.6) is 11.5 Å². The molecule has 5 rings (SSSR count). The summed E-state index contributed by atoms with van der Waals surface area (Å²) >= 11 is 0. The zero-order valence-electron chi connectivity index (χ0n) is 24.2. The Bertz CT molecular complexity index is 1330. The molecule has 0 bridgehead atoms. The number of aryl methyl sites for hydroxylation is 2. The van der Waals surface area contributed by atoms with Crippen molar-refractivity contribution in [2.75, 3.05) is 41.0 Å². The normalized spacial score (nSPS) is 20.9. The summed E-state index contributed by atoms with van der Waals surface area (Å²) in [6.45, 7) is 7.48. The number of hydrogen-bond donors (Lipinski definition) is 1. The van der Waals surface area contributed by atoms with E-state index in [2.05, 4.69) is 19.1 Å². The Balaban J connectivity index is 1.51. The van der Waals surface area contributed by atoms with E-state index >= 15 is 0 Å². The Morgan fingerprint density at radius 3 is 2.33 bits per heavy atom. The highest BCUT2D eigenvalue weighted by atomic mass is 16.5. The van der Waals surface area contributed by atoms with Crippen molar-refractivity contribution in [1.82, 2.24) is 14.7 Å². The standard InChI is InChI=1S/C31H39N3O6/c1-19-11-20(2)13-22(12-19)29(36)32-9-7-31(8-10-32)26-14-21(3)28-23(15-24(38-4)16-25(28)39-5)17-33(26)30(37)34(31)18-27(35)40-6/h11-16,21,29,36H,7-10,17-18H2,1-6H3/t21-,29?/m0/s1. The van der Waals surface area contributed by atoms with Crippen LogP contribution in [0.25, 0.3) is 0 Å². The van der Waals surface area contributed by atoms with Crippen molar-refractivity contribution in [3.63, 3.8) is 0 Å². The number of hydrogen-bond acceptors (Lipinski definition) is 7. The van der Waals surface area contributed by atoms with Crippen molar-refractivity contribution in [2.24, 2.45) is 0 Å². The number of benzene rings is 2. The minimum atomic E-state index is -0.749. The van der Waals surface area contributed by atoms with Gasteiger partial charge in [0.1, 0.15) is 24.3 Å². The summed E-state index contributed by atoms with van der Waals surface area (Å²) in [6, 6.07) is 9.73. The van der Waals surface area contributed by atoms with Crippen molar-refractivity contribution in [3.8, 4) is 11.5 Å². The summed E-state index contributed by atoms with van der Waals surface area (Å²) in [7, 11) is 4.59. The number of nitrogens with zero attached hydrogens (tertiary/aromatic N) is 3. The molecule has 9 nitrogen and oxygen atoms in total. The van der Waals surface area contributed by atoms with Crippen molar-refractivity contribution in [2.45, 2.75) is 57.8 Å². The lowest BCUT2D eigenvalue weighted by molar-refractivity contribution is -0.142. The Labute approximate surface area is 235 Å². The maximum absolute atomic E-state index is 14.0. The van der Waals surface area contributed by atoms with E-state index in [1.54, 1.807) is 24.0 Å². The lowest BCUT2D eigenvalue weighted by Crippen LogP contribution is -2.55. The number of carbonyl (C=O) groups is 2. The highest BCUT2D eigenvalue weighted by molar-refractivity contribution is 5.87. The molecular weight excluding hydrogens is 510 g/mol. The lowest BCUT2D eigenvalue weighted by Gasteiger charge is -2.45. The van der Waals surface area contributed by atoms with E-state index in [9.17, 15) is 14.7 Å². The van der Waals surface area contributed by atoms with Crippen molar-refractivity contribution < 1.29 is 28.9 Å². The summed E-state index contributed by atoms with van der Waals surface area (Å²) in [5, 5.41) is 11.3. The van der Waals surface area contributed by atoms with Crippen molar-refractivity contribution in [1.29, 1.82) is 0 Å². The smallest absolute Gasteiger partial charge is 0.325 e. The summed E-state index contributed by atoms with van der Waals surface area (Å²) in [6.07, 6.45) is 2.54. The third-order valence-corrected chi connectivity index (χ3v) is 8.62. The van der Waals surface area contributed by atoms with Crippen LogP contribution >= 0.6 is 0 Å². The molecule has 40 heavy (non-hydrogen) atoms. The highest BCUT2D eigenvalue weighted by Crippen LogP contribution is 2.49. The van der Waals surface area contributed by atoms with E-state index in [-0.39, 0.29) is 18.5 Å². The number of carbonyl (C=O) groups excluding carboxylic acids is 2. The molecule has 214 valence electrons. The van der Waals surface area contributed by atoms with Crippen LogP contribution in [0.1, 0.15) is 59.7 Å². The molecule has 1 unspecified atom stereocenters. The van der Waals surface area contributed by atoms with Crippen LogP contribution < -0.4 is 9.47 Å². The molecule has 0 radical (unpaired) electrons. The molecule has 0 saturated carbocycles. The number of esters is 1. The molecule has 2 atom stereocenters. The van der Waals surface area contributed by atoms with Crippen LogP contribution in [0.4, 0.5) is 4.79 Å². The number of fused-ring (bicyclic) bond motifs is 3. The molecule has 9 heteroatoms. The number of aliphatic hydroxyl groups excluding tert-OH is 1. The number of amides is 2. The van der Waals surface area contributed by atoms with Gasteiger partial charge < -0.3 is 24.2 Å². The van der Waals surface area contributed by atoms with Gasteiger partial charge in [0.05, 0.1) is 33.4 Å². The van der Waals surface area contributed by atoms with E-state index in [1.807, 2.05) is 43.0 Å². The summed E-state index contributed by atoms with van der Waals surface area (Å²) in [4.78, 5) is 32.1. The number of aliphatic hydroxyl groups is 1. The number of ether oxygens (including phenoxy) is 3. The minimum Gasteiger partial charge on any atom is -0.497 e. The maximum Gasteiger partial charge on any atom is 0.325 e. The molecule has 3 aliphatic heterocycles. The van der Waals surface area contributed by atoms with Gasteiger partial charge in [-0.25, -0.2) is 4.79 Å². The fourth-order valence-corrected chi connectivity index (χ4v) is 6.75. The summed E-state index contributed by atoms with van der Waals surface area (Å²) < 4.78 is 16.3. The number of allylic oxidation sites excluding steroid dienone is 1. The zero-order chi connectivity index (χ0) is 28.8. The molecule has 2 fully saturated rings. The van der Waals surface area contributed by atoms with Crippen molar-refractivity contribution >= 4 is 12.0 Å². The highest BCUT2D eigenvalue weighted by Gasteiger charge is 2.56. The summed E-state index contributed by atoms with van der Waals surface area (Å²) in [5.41, 5.74) is 5.24. The lowest BCUT2D eigenvalue weighted by atomic mass is 9.81. The number of methoxy groups -OCH3 is 3. The van der Waals surface area contributed by atoms with Crippen molar-refractivity contribution in [3.05, 3.63) is 69.9 Å². The van der Waals surface area contributed by atoms with Crippen LogP contribution in [-0.2, 0) is 16.1 Å². The van der Waals surface area contributed by atoms with Gasteiger partial charge in [-0.2, -0.15) is 0 Å². The van der Waals surface area contributed by atoms with Gasteiger partial charge in [-0.1, -0.05) is 42.3 Å². The first kappa shape index (κ1) is 28.0. The van der Waals surface area contributed by atoms with Gasteiger partial charge in [0.15, 0.2) is 0 Å². The molecule has 3 heterocycles. The molecule has 2 saturated heterocycles. The average molecular weight is 550 g/mol. The quantitative estimate of drug-likeness (QED) is 0.539. The molecular formula is C31H39N3O6. The number of rotatable bonds is 6. The van der Waals surface area contributed by atoms with Gasteiger partial charge in [-0.3, -0.25) is 14.6 Å². The van der Waals surface area contributed by atoms with Gasteiger partial charge >= 0.3 is 12.0 Å². The second-order valence-electron chi connectivity index (χ2n) is 11.1. The fraction of sp³-hybridized carbons (Fsp3) is 0.484. The van der Waals surface area contributed by atoms with Gasteiger partial charge in [0.25, 0.3) is 0 Å². The van der Waals surface area contributed by atoms with Crippen LogP contribution in [0, 0.1) is 13.8 Å². The third-order valence-electron chi connectivity index (χ3n) is 8.62. The number of likely N-dealkylation sites (tertiary alicyclic amines) is 1. The molecule has 0 aliphatic carbocycles. The Morgan fingerprint density at radius 1 is 1.05 bits per heavy atom. The maximum atomic E-state index is 14.0. The molecule has 1 spiro atoms. The predicted octanol–water partition coefficient (Wildman–Crippen LogP) is 4.26. The molecule has 2 aromatic rings.